The molecule has 0 spiro atoms. The minimum atomic E-state index is 0.0576. The summed E-state index contributed by atoms with van der Waals surface area (Å²) in [5.74, 6) is 1.33. The van der Waals surface area contributed by atoms with Gasteiger partial charge in [0.05, 0.1) is 20.3 Å². The van der Waals surface area contributed by atoms with Crippen molar-refractivity contribution in [2.75, 3.05) is 13.7 Å². The van der Waals surface area contributed by atoms with Crippen molar-refractivity contribution in [2.45, 2.75) is 32.4 Å². The summed E-state index contributed by atoms with van der Waals surface area (Å²) >= 11 is 1.69. The molecule has 1 saturated carbocycles. The normalized spacial score (nSPS) is 13.7. The highest BCUT2D eigenvalue weighted by Crippen LogP contribution is 2.33. The van der Waals surface area contributed by atoms with Gasteiger partial charge in [-0.3, -0.25) is 4.79 Å². The quantitative estimate of drug-likeness (QED) is 0.771. The van der Waals surface area contributed by atoms with E-state index in [9.17, 15) is 4.79 Å². The van der Waals surface area contributed by atoms with Gasteiger partial charge in [-0.2, -0.15) is 0 Å². The lowest BCUT2D eigenvalue weighted by molar-refractivity contribution is 0.0731. The Balaban J connectivity index is 1.82. The number of hydrogen-bond acceptors (Lipinski definition) is 4. The van der Waals surface area contributed by atoms with Gasteiger partial charge < -0.3 is 14.4 Å². The van der Waals surface area contributed by atoms with Crippen LogP contribution in [0, 0.1) is 0 Å². The Morgan fingerprint density at radius 1 is 1.30 bits per heavy atom. The molecule has 0 bridgehead atoms. The van der Waals surface area contributed by atoms with Crippen molar-refractivity contribution >= 4 is 17.2 Å². The van der Waals surface area contributed by atoms with Crippen LogP contribution in [0.15, 0.2) is 35.7 Å². The van der Waals surface area contributed by atoms with E-state index >= 15 is 0 Å². The molecule has 0 N–H and O–H groups in total. The number of thiophene rings is 1. The van der Waals surface area contributed by atoms with Crippen LogP contribution in [0.25, 0.3) is 0 Å². The number of amides is 1. The lowest BCUT2D eigenvalue weighted by Crippen LogP contribution is -2.32. The SMILES string of the molecule is CCOc1ccc(C(=O)N(Cc2cccs2)C2CC2)cc1OC. The maximum absolute atomic E-state index is 12.9. The van der Waals surface area contributed by atoms with E-state index in [0.29, 0.717) is 36.3 Å². The highest BCUT2D eigenvalue weighted by Gasteiger charge is 2.33. The van der Waals surface area contributed by atoms with Crippen molar-refractivity contribution in [3.8, 4) is 11.5 Å². The predicted octanol–water partition coefficient (Wildman–Crippen LogP) is 3.96. The van der Waals surface area contributed by atoms with Gasteiger partial charge in [-0.05, 0) is 49.4 Å². The van der Waals surface area contributed by atoms with Gasteiger partial charge in [0, 0.05) is 16.5 Å². The molecule has 1 aliphatic rings. The number of methoxy groups -OCH3 is 1. The Hall–Kier alpha value is -2.01. The third-order valence-corrected chi connectivity index (χ3v) is 4.73. The van der Waals surface area contributed by atoms with Crippen molar-refractivity contribution < 1.29 is 14.3 Å². The van der Waals surface area contributed by atoms with Gasteiger partial charge in [-0.1, -0.05) is 6.07 Å². The van der Waals surface area contributed by atoms with Gasteiger partial charge in [-0.15, -0.1) is 11.3 Å². The van der Waals surface area contributed by atoms with Crippen LogP contribution >= 0.6 is 11.3 Å². The van der Waals surface area contributed by atoms with Crippen LogP contribution in [-0.2, 0) is 6.54 Å². The summed E-state index contributed by atoms with van der Waals surface area (Å²) in [4.78, 5) is 16.1. The summed E-state index contributed by atoms with van der Waals surface area (Å²) in [7, 11) is 1.59. The van der Waals surface area contributed by atoms with Crippen LogP contribution in [0.2, 0.25) is 0 Å². The summed E-state index contributed by atoms with van der Waals surface area (Å²) in [6.45, 7) is 3.17. The fourth-order valence-corrected chi connectivity index (χ4v) is 3.27. The molecule has 0 radical (unpaired) electrons. The Kier molecular flexibility index (Phi) is 4.86. The van der Waals surface area contributed by atoms with Gasteiger partial charge >= 0.3 is 0 Å². The fraction of sp³-hybridized carbons (Fsp3) is 0.389. The number of hydrogen-bond donors (Lipinski definition) is 0. The van der Waals surface area contributed by atoms with Gasteiger partial charge in [0.1, 0.15) is 0 Å². The molecule has 0 saturated heterocycles. The maximum atomic E-state index is 12.9. The van der Waals surface area contributed by atoms with Crippen LogP contribution in [0.3, 0.4) is 0 Å². The number of carbonyl (C=O) groups is 1. The second-order valence-corrected chi connectivity index (χ2v) is 6.57. The zero-order valence-corrected chi connectivity index (χ0v) is 14.3. The van der Waals surface area contributed by atoms with E-state index in [1.54, 1.807) is 24.5 Å². The fourth-order valence-electron chi connectivity index (χ4n) is 2.56. The van der Waals surface area contributed by atoms with Crippen molar-refractivity contribution in [3.05, 3.63) is 46.2 Å². The minimum absolute atomic E-state index is 0.0576. The standard InChI is InChI=1S/C18H21NO3S/c1-3-22-16-9-6-13(11-17(16)21-2)18(20)19(14-7-8-14)12-15-5-4-10-23-15/h4-6,9-11,14H,3,7-8,12H2,1-2H3. The number of carbonyl (C=O) groups excluding carboxylic acids is 1. The topological polar surface area (TPSA) is 38.8 Å². The summed E-state index contributed by atoms with van der Waals surface area (Å²) < 4.78 is 10.9. The molecule has 1 aromatic heterocycles. The van der Waals surface area contributed by atoms with Crippen LogP contribution < -0.4 is 9.47 Å². The highest BCUT2D eigenvalue weighted by atomic mass is 32.1. The zero-order valence-electron chi connectivity index (χ0n) is 13.5. The molecule has 0 aliphatic heterocycles. The molecule has 0 unspecified atom stereocenters. The van der Waals surface area contributed by atoms with E-state index in [2.05, 4.69) is 6.07 Å². The van der Waals surface area contributed by atoms with Crippen molar-refractivity contribution in [1.29, 1.82) is 0 Å². The summed E-state index contributed by atoms with van der Waals surface area (Å²) in [5, 5.41) is 2.05. The maximum Gasteiger partial charge on any atom is 0.254 e. The second kappa shape index (κ2) is 7.04. The first-order valence-corrected chi connectivity index (χ1v) is 8.75. The van der Waals surface area contributed by atoms with E-state index < -0.39 is 0 Å². The van der Waals surface area contributed by atoms with E-state index in [1.165, 1.54) is 4.88 Å². The Morgan fingerprint density at radius 3 is 2.74 bits per heavy atom. The van der Waals surface area contributed by atoms with Crippen LogP contribution in [0.5, 0.6) is 11.5 Å². The third kappa shape index (κ3) is 3.67. The summed E-state index contributed by atoms with van der Waals surface area (Å²) in [6, 6.07) is 9.87. The zero-order chi connectivity index (χ0) is 16.2. The summed E-state index contributed by atoms with van der Waals surface area (Å²) in [6.07, 6.45) is 2.18. The van der Waals surface area contributed by atoms with Crippen LogP contribution in [0.1, 0.15) is 35.0 Å². The lowest BCUT2D eigenvalue weighted by atomic mass is 10.1. The number of rotatable bonds is 7. The van der Waals surface area contributed by atoms with Crippen molar-refractivity contribution in [1.82, 2.24) is 4.90 Å². The Bertz CT molecular complexity index is 665. The van der Waals surface area contributed by atoms with Gasteiger partial charge in [0.25, 0.3) is 5.91 Å². The van der Waals surface area contributed by atoms with Gasteiger partial charge in [0.15, 0.2) is 11.5 Å². The Morgan fingerprint density at radius 2 is 2.13 bits per heavy atom. The molecule has 23 heavy (non-hydrogen) atoms. The molecule has 1 aromatic carbocycles. The van der Waals surface area contributed by atoms with Crippen LogP contribution in [0.4, 0.5) is 0 Å². The van der Waals surface area contributed by atoms with Crippen LogP contribution in [-0.4, -0.2) is 30.6 Å². The average molecular weight is 331 g/mol. The molecule has 1 amide bonds. The molecule has 2 aromatic rings. The summed E-state index contributed by atoms with van der Waals surface area (Å²) in [5.41, 5.74) is 0.647. The molecule has 1 heterocycles. The van der Waals surface area contributed by atoms with Crippen molar-refractivity contribution in [2.24, 2.45) is 0 Å². The molecule has 1 fully saturated rings. The molecule has 4 nitrogen and oxygen atoms in total. The first-order valence-electron chi connectivity index (χ1n) is 7.87. The first-order chi connectivity index (χ1) is 11.2. The molecular formula is C18H21NO3S. The average Bonchev–Trinajstić information content (AvgIpc) is 3.28. The number of nitrogens with zero attached hydrogens (tertiary/aromatic N) is 1. The van der Waals surface area contributed by atoms with Gasteiger partial charge in [0.2, 0.25) is 0 Å². The molecule has 122 valence electrons. The number of benzene rings is 1. The predicted molar refractivity (Wildman–Crippen MR) is 91.4 cm³/mol. The molecule has 1 aliphatic carbocycles. The van der Waals surface area contributed by atoms with E-state index in [-0.39, 0.29) is 5.91 Å². The smallest absolute Gasteiger partial charge is 0.254 e. The second-order valence-electron chi connectivity index (χ2n) is 5.54. The van der Waals surface area contributed by atoms with E-state index in [0.717, 1.165) is 12.8 Å². The lowest BCUT2D eigenvalue weighted by Gasteiger charge is -2.22. The molecular weight excluding hydrogens is 310 g/mol. The van der Waals surface area contributed by atoms with E-state index in [4.69, 9.17) is 9.47 Å². The first kappa shape index (κ1) is 15.9. The molecule has 0 atom stereocenters. The third-order valence-electron chi connectivity index (χ3n) is 3.87. The highest BCUT2D eigenvalue weighted by molar-refractivity contribution is 7.09. The van der Waals surface area contributed by atoms with Gasteiger partial charge in [-0.25, -0.2) is 0 Å². The largest absolute Gasteiger partial charge is 0.493 e. The molecule has 3 rings (SSSR count). The van der Waals surface area contributed by atoms with E-state index in [1.807, 2.05) is 35.4 Å². The monoisotopic (exact) mass is 331 g/mol. The minimum Gasteiger partial charge on any atom is -0.493 e. The Labute approximate surface area is 140 Å². The molecule has 5 heteroatoms. The van der Waals surface area contributed by atoms with Crippen molar-refractivity contribution in [3.63, 3.8) is 0 Å². The number of ether oxygens (including phenoxy) is 2.